The summed E-state index contributed by atoms with van der Waals surface area (Å²) in [6.45, 7) is 1.31. The first kappa shape index (κ1) is 21.5. The van der Waals surface area contributed by atoms with Gasteiger partial charge in [0.2, 0.25) is 0 Å². The van der Waals surface area contributed by atoms with Gasteiger partial charge in [0.1, 0.15) is 23.9 Å². The zero-order chi connectivity index (χ0) is 22.7. The largest absolute Gasteiger partial charge is 0.485 e. The Morgan fingerprint density at radius 2 is 1.94 bits per heavy atom. The SMILES string of the molecule is Cc1nc2c(OCc3ccc(F)cc3F)cccn2c1C(=O)N[C@@H](CO)c1ccccc1. The highest BCUT2D eigenvalue weighted by atomic mass is 19.1. The molecule has 0 radical (unpaired) electrons. The van der Waals surface area contributed by atoms with Crippen LogP contribution in [0.15, 0.2) is 66.9 Å². The minimum atomic E-state index is -0.701. The van der Waals surface area contributed by atoms with Crippen LogP contribution in [-0.2, 0) is 6.61 Å². The zero-order valence-corrected chi connectivity index (χ0v) is 17.3. The second kappa shape index (κ2) is 9.15. The lowest BCUT2D eigenvalue weighted by Gasteiger charge is -2.17. The maximum Gasteiger partial charge on any atom is 0.270 e. The standard InChI is InChI=1S/C24H21F2N3O3/c1-15-22(24(31)28-20(13-30)16-6-3-2-4-7-16)29-11-5-8-21(23(29)27-15)32-14-17-9-10-18(25)12-19(17)26/h2-12,20,30H,13-14H2,1H3,(H,28,31)/t20-/m0/s1. The summed E-state index contributed by atoms with van der Waals surface area (Å²) in [5.74, 6) is -1.42. The lowest BCUT2D eigenvalue weighted by atomic mass is 10.1. The number of aliphatic hydroxyl groups excluding tert-OH is 1. The van der Waals surface area contributed by atoms with Crippen LogP contribution in [0.5, 0.6) is 5.75 Å². The van der Waals surface area contributed by atoms with E-state index in [2.05, 4.69) is 10.3 Å². The number of carbonyl (C=O) groups is 1. The molecule has 2 N–H and O–H groups in total. The van der Waals surface area contributed by atoms with Gasteiger partial charge in [-0.25, -0.2) is 13.8 Å². The van der Waals surface area contributed by atoms with Gasteiger partial charge in [-0.1, -0.05) is 30.3 Å². The molecule has 32 heavy (non-hydrogen) atoms. The molecule has 0 aliphatic carbocycles. The van der Waals surface area contributed by atoms with E-state index in [0.29, 0.717) is 22.8 Å². The number of aromatic nitrogens is 2. The molecule has 0 saturated heterocycles. The molecule has 2 aromatic heterocycles. The van der Waals surface area contributed by atoms with Crippen molar-refractivity contribution in [3.8, 4) is 5.75 Å². The fraction of sp³-hybridized carbons (Fsp3) is 0.167. The van der Waals surface area contributed by atoms with Crippen LogP contribution in [0.2, 0.25) is 0 Å². The fourth-order valence-electron chi connectivity index (χ4n) is 3.48. The molecule has 2 heterocycles. The summed E-state index contributed by atoms with van der Waals surface area (Å²) in [4.78, 5) is 17.5. The van der Waals surface area contributed by atoms with Crippen molar-refractivity contribution in [1.82, 2.24) is 14.7 Å². The van der Waals surface area contributed by atoms with Gasteiger partial charge in [-0.05, 0) is 36.8 Å². The van der Waals surface area contributed by atoms with Gasteiger partial charge in [-0.2, -0.15) is 0 Å². The van der Waals surface area contributed by atoms with Gasteiger partial charge in [-0.15, -0.1) is 0 Å². The highest BCUT2D eigenvalue weighted by Crippen LogP contribution is 2.24. The molecule has 1 atom stereocenters. The molecular weight excluding hydrogens is 416 g/mol. The number of ether oxygens (including phenoxy) is 1. The number of hydrogen-bond donors (Lipinski definition) is 2. The Balaban J connectivity index is 1.60. The van der Waals surface area contributed by atoms with E-state index in [0.717, 1.165) is 17.7 Å². The van der Waals surface area contributed by atoms with Crippen LogP contribution in [0.1, 0.15) is 33.4 Å². The summed E-state index contributed by atoms with van der Waals surface area (Å²) >= 11 is 0. The Kier molecular flexibility index (Phi) is 6.13. The molecule has 4 aromatic rings. The normalized spacial score (nSPS) is 12.0. The first-order chi connectivity index (χ1) is 15.5. The van der Waals surface area contributed by atoms with E-state index in [1.165, 1.54) is 6.07 Å². The number of benzene rings is 2. The average Bonchev–Trinajstić information content (AvgIpc) is 3.14. The highest BCUT2D eigenvalue weighted by Gasteiger charge is 2.22. The number of fused-ring (bicyclic) bond motifs is 1. The lowest BCUT2D eigenvalue weighted by Crippen LogP contribution is -2.32. The number of aryl methyl sites for hydroxylation is 1. The molecule has 0 spiro atoms. The predicted molar refractivity (Wildman–Crippen MR) is 114 cm³/mol. The van der Waals surface area contributed by atoms with Crippen molar-refractivity contribution in [1.29, 1.82) is 0 Å². The maximum absolute atomic E-state index is 13.9. The molecule has 0 unspecified atom stereocenters. The number of rotatable bonds is 7. The number of pyridine rings is 1. The first-order valence-corrected chi connectivity index (χ1v) is 9.99. The highest BCUT2D eigenvalue weighted by molar-refractivity contribution is 5.95. The van der Waals surface area contributed by atoms with E-state index < -0.39 is 23.6 Å². The van der Waals surface area contributed by atoms with Crippen molar-refractivity contribution in [3.63, 3.8) is 0 Å². The van der Waals surface area contributed by atoms with Crippen molar-refractivity contribution >= 4 is 11.6 Å². The Morgan fingerprint density at radius 3 is 2.66 bits per heavy atom. The van der Waals surface area contributed by atoms with Gasteiger partial charge in [-0.3, -0.25) is 9.20 Å². The predicted octanol–water partition coefficient (Wildman–Crippen LogP) is 3.96. The molecular formula is C24H21F2N3O3. The number of hydrogen-bond acceptors (Lipinski definition) is 4. The van der Waals surface area contributed by atoms with Gasteiger partial charge in [0.15, 0.2) is 11.4 Å². The number of nitrogens with one attached hydrogen (secondary N) is 1. The molecule has 164 valence electrons. The number of halogens is 2. The van der Waals surface area contributed by atoms with Gasteiger partial charge < -0.3 is 15.2 Å². The Bertz CT molecular complexity index is 1260. The Hall–Kier alpha value is -3.78. The van der Waals surface area contributed by atoms with E-state index in [1.54, 1.807) is 29.7 Å². The van der Waals surface area contributed by atoms with Crippen LogP contribution >= 0.6 is 0 Å². The van der Waals surface area contributed by atoms with Crippen molar-refractivity contribution in [3.05, 3.63) is 101 Å². The number of nitrogens with zero attached hydrogens (tertiary/aromatic N) is 2. The summed E-state index contributed by atoms with van der Waals surface area (Å²) in [5, 5.41) is 12.6. The van der Waals surface area contributed by atoms with Crippen molar-refractivity contribution in [2.45, 2.75) is 19.6 Å². The van der Waals surface area contributed by atoms with Crippen molar-refractivity contribution in [2.24, 2.45) is 0 Å². The van der Waals surface area contributed by atoms with Crippen molar-refractivity contribution in [2.75, 3.05) is 6.61 Å². The number of amides is 1. The third-order valence-electron chi connectivity index (χ3n) is 5.09. The van der Waals surface area contributed by atoms with E-state index in [1.807, 2.05) is 30.3 Å². The lowest BCUT2D eigenvalue weighted by molar-refractivity contribution is 0.0909. The van der Waals surface area contributed by atoms with Crippen LogP contribution < -0.4 is 10.1 Å². The van der Waals surface area contributed by atoms with Crippen LogP contribution in [0.4, 0.5) is 8.78 Å². The molecule has 4 rings (SSSR count). The first-order valence-electron chi connectivity index (χ1n) is 9.99. The van der Waals surface area contributed by atoms with E-state index in [4.69, 9.17) is 4.74 Å². The second-order valence-corrected chi connectivity index (χ2v) is 7.26. The molecule has 0 bridgehead atoms. The molecule has 6 nitrogen and oxygen atoms in total. The topological polar surface area (TPSA) is 75.9 Å². The van der Waals surface area contributed by atoms with Crippen LogP contribution in [0.3, 0.4) is 0 Å². The number of carbonyl (C=O) groups excluding carboxylic acids is 1. The minimum absolute atomic E-state index is 0.125. The fourth-order valence-corrected chi connectivity index (χ4v) is 3.48. The van der Waals surface area contributed by atoms with Gasteiger partial charge >= 0.3 is 0 Å². The molecule has 8 heteroatoms. The van der Waals surface area contributed by atoms with Crippen molar-refractivity contribution < 1.29 is 23.4 Å². The van der Waals surface area contributed by atoms with E-state index >= 15 is 0 Å². The third kappa shape index (κ3) is 4.31. The van der Waals surface area contributed by atoms with Gasteiger partial charge in [0.05, 0.1) is 18.3 Å². The van der Waals surface area contributed by atoms with E-state index in [9.17, 15) is 18.7 Å². The Morgan fingerprint density at radius 1 is 1.16 bits per heavy atom. The molecule has 0 fully saturated rings. The average molecular weight is 437 g/mol. The molecule has 1 amide bonds. The number of imidazole rings is 1. The summed E-state index contributed by atoms with van der Waals surface area (Å²) < 4.78 is 34.4. The van der Waals surface area contributed by atoms with E-state index in [-0.39, 0.29) is 18.8 Å². The van der Waals surface area contributed by atoms with Crippen LogP contribution in [0.25, 0.3) is 5.65 Å². The molecule has 0 aliphatic heterocycles. The minimum Gasteiger partial charge on any atom is -0.485 e. The monoisotopic (exact) mass is 437 g/mol. The number of aliphatic hydroxyl groups is 1. The van der Waals surface area contributed by atoms with Gasteiger partial charge in [0, 0.05) is 17.8 Å². The summed E-state index contributed by atoms with van der Waals surface area (Å²) in [6, 6.07) is 15.2. The van der Waals surface area contributed by atoms with Gasteiger partial charge in [0.25, 0.3) is 5.91 Å². The third-order valence-corrected chi connectivity index (χ3v) is 5.09. The smallest absolute Gasteiger partial charge is 0.270 e. The summed E-state index contributed by atoms with van der Waals surface area (Å²) in [6.07, 6.45) is 1.67. The molecule has 0 aliphatic rings. The molecule has 0 saturated carbocycles. The summed E-state index contributed by atoms with van der Waals surface area (Å²) in [5.41, 5.74) is 2.13. The van der Waals surface area contributed by atoms with Crippen LogP contribution in [0, 0.1) is 18.6 Å². The Labute approximate surface area is 183 Å². The summed E-state index contributed by atoms with van der Waals surface area (Å²) in [7, 11) is 0. The van der Waals surface area contributed by atoms with Crippen LogP contribution in [-0.4, -0.2) is 27.0 Å². The second-order valence-electron chi connectivity index (χ2n) is 7.26. The molecule has 2 aromatic carbocycles. The maximum atomic E-state index is 13.9. The zero-order valence-electron chi connectivity index (χ0n) is 17.3. The quantitative estimate of drug-likeness (QED) is 0.459.